The van der Waals surface area contributed by atoms with E-state index in [9.17, 15) is 4.79 Å². The highest BCUT2D eigenvalue weighted by atomic mass is 16.6. The van der Waals surface area contributed by atoms with Gasteiger partial charge < -0.3 is 24.6 Å². The molecule has 0 atom stereocenters. The van der Waals surface area contributed by atoms with Crippen LogP contribution in [0.5, 0.6) is 11.5 Å². The highest BCUT2D eigenvalue weighted by Gasteiger charge is 2.14. The van der Waals surface area contributed by atoms with Crippen molar-refractivity contribution in [2.75, 3.05) is 45.3 Å². The molecular formula is C21H27N3O3. The monoisotopic (exact) mass is 369 g/mol. The Labute approximate surface area is 160 Å². The summed E-state index contributed by atoms with van der Waals surface area (Å²) in [4.78, 5) is 16.2. The second kappa shape index (κ2) is 9.16. The van der Waals surface area contributed by atoms with E-state index in [1.54, 1.807) is 11.9 Å². The number of ether oxygens (including phenoxy) is 2. The third kappa shape index (κ3) is 5.29. The van der Waals surface area contributed by atoms with Crippen LogP contribution in [0, 0.1) is 0 Å². The lowest BCUT2D eigenvalue weighted by Crippen LogP contribution is -2.38. The highest BCUT2D eigenvalue weighted by molar-refractivity contribution is 5.73. The van der Waals surface area contributed by atoms with Crippen LogP contribution in [-0.4, -0.2) is 51.3 Å². The number of hydrogen-bond acceptors (Lipinski definition) is 4. The van der Waals surface area contributed by atoms with Crippen molar-refractivity contribution in [2.45, 2.75) is 13.0 Å². The average Bonchev–Trinajstić information content (AvgIpc) is 2.71. The van der Waals surface area contributed by atoms with Gasteiger partial charge in [-0.1, -0.05) is 24.3 Å². The van der Waals surface area contributed by atoms with Crippen LogP contribution in [0.2, 0.25) is 0 Å². The van der Waals surface area contributed by atoms with Crippen molar-refractivity contribution < 1.29 is 14.3 Å². The maximum atomic E-state index is 12.3. The van der Waals surface area contributed by atoms with Crippen LogP contribution in [0.1, 0.15) is 12.0 Å². The third-order valence-corrected chi connectivity index (χ3v) is 4.52. The summed E-state index contributed by atoms with van der Waals surface area (Å²) in [5, 5.41) is 2.98. The molecule has 0 bridgehead atoms. The molecule has 0 saturated heterocycles. The van der Waals surface area contributed by atoms with Crippen LogP contribution in [0.25, 0.3) is 0 Å². The molecule has 2 aromatic carbocycles. The molecule has 6 heteroatoms. The van der Waals surface area contributed by atoms with Gasteiger partial charge in [0.25, 0.3) is 0 Å². The maximum absolute atomic E-state index is 12.3. The Kier molecular flexibility index (Phi) is 6.41. The molecule has 2 amide bonds. The van der Waals surface area contributed by atoms with E-state index in [1.807, 2.05) is 36.4 Å². The summed E-state index contributed by atoms with van der Waals surface area (Å²) >= 11 is 0. The first-order chi connectivity index (χ1) is 13.1. The van der Waals surface area contributed by atoms with Gasteiger partial charge in [-0.15, -0.1) is 0 Å². The second-order valence-electron chi connectivity index (χ2n) is 6.68. The van der Waals surface area contributed by atoms with E-state index in [2.05, 4.69) is 29.4 Å². The van der Waals surface area contributed by atoms with E-state index in [0.29, 0.717) is 26.3 Å². The number of para-hydroxylation sites is 1. The number of fused-ring (bicyclic) bond motifs is 1. The zero-order valence-corrected chi connectivity index (χ0v) is 16.0. The smallest absolute Gasteiger partial charge is 0.317 e. The predicted molar refractivity (Wildman–Crippen MR) is 107 cm³/mol. The summed E-state index contributed by atoms with van der Waals surface area (Å²) in [5.74, 6) is 1.51. The van der Waals surface area contributed by atoms with Gasteiger partial charge in [-0.3, -0.25) is 0 Å². The number of amides is 2. The van der Waals surface area contributed by atoms with E-state index < -0.39 is 0 Å². The Hall–Kier alpha value is -2.89. The Bertz CT molecular complexity index is 752. The molecule has 0 aliphatic carbocycles. The van der Waals surface area contributed by atoms with Gasteiger partial charge >= 0.3 is 6.03 Å². The number of carbonyl (C=O) groups is 1. The van der Waals surface area contributed by atoms with Gasteiger partial charge in [0.15, 0.2) is 11.5 Å². The van der Waals surface area contributed by atoms with Gasteiger partial charge in [0.05, 0.1) is 0 Å². The van der Waals surface area contributed by atoms with Crippen molar-refractivity contribution >= 4 is 11.7 Å². The highest BCUT2D eigenvalue weighted by Crippen LogP contribution is 2.31. The molecule has 0 radical (unpaired) electrons. The minimum Gasteiger partial charge on any atom is -0.486 e. The van der Waals surface area contributed by atoms with Crippen LogP contribution < -0.4 is 19.7 Å². The molecule has 27 heavy (non-hydrogen) atoms. The standard InChI is InChI=1S/C21H27N3O3/c1-23(18-7-4-3-5-8-18)12-6-11-22-21(25)24(2)16-17-9-10-19-20(15-17)27-14-13-26-19/h3-5,7-10,15H,6,11-14,16H2,1-2H3,(H,22,25). The quantitative estimate of drug-likeness (QED) is 0.762. The Morgan fingerprint density at radius 2 is 1.78 bits per heavy atom. The van der Waals surface area contributed by atoms with E-state index in [-0.39, 0.29) is 6.03 Å². The largest absolute Gasteiger partial charge is 0.486 e. The molecule has 2 aromatic rings. The first-order valence-corrected chi connectivity index (χ1v) is 9.27. The molecule has 0 aromatic heterocycles. The summed E-state index contributed by atoms with van der Waals surface area (Å²) in [5.41, 5.74) is 2.19. The van der Waals surface area contributed by atoms with Crippen LogP contribution in [0.3, 0.4) is 0 Å². The van der Waals surface area contributed by atoms with Gasteiger partial charge in [-0.05, 0) is 36.2 Å². The number of nitrogens with one attached hydrogen (secondary N) is 1. The number of benzene rings is 2. The first-order valence-electron chi connectivity index (χ1n) is 9.27. The minimum atomic E-state index is -0.0766. The zero-order valence-electron chi connectivity index (χ0n) is 16.0. The third-order valence-electron chi connectivity index (χ3n) is 4.52. The van der Waals surface area contributed by atoms with E-state index in [0.717, 1.165) is 30.0 Å². The summed E-state index contributed by atoms with van der Waals surface area (Å²) in [6.07, 6.45) is 0.884. The summed E-state index contributed by atoms with van der Waals surface area (Å²) < 4.78 is 11.1. The summed E-state index contributed by atoms with van der Waals surface area (Å²) in [7, 11) is 3.85. The number of nitrogens with zero attached hydrogens (tertiary/aromatic N) is 2. The maximum Gasteiger partial charge on any atom is 0.317 e. The molecule has 0 spiro atoms. The Morgan fingerprint density at radius 1 is 1.04 bits per heavy atom. The van der Waals surface area contributed by atoms with E-state index in [4.69, 9.17) is 9.47 Å². The molecule has 0 saturated carbocycles. The summed E-state index contributed by atoms with van der Waals surface area (Å²) in [6, 6.07) is 16.0. The number of anilines is 1. The van der Waals surface area contributed by atoms with Crippen molar-refractivity contribution in [1.82, 2.24) is 10.2 Å². The lowest BCUT2D eigenvalue weighted by atomic mass is 10.2. The van der Waals surface area contributed by atoms with Gasteiger partial charge in [0, 0.05) is 39.4 Å². The molecule has 6 nitrogen and oxygen atoms in total. The molecule has 1 heterocycles. The lowest BCUT2D eigenvalue weighted by Gasteiger charge is -2.22. The van der Waals surface area contributed by atoms with Crippen molar-refractivity contribution in [3.8, 4) is 11.5 Å². The molecule has 0 unspecified atom stereocenters. The Balaban J connectivity index is 1.40. The molecule has 1 N–H and O–H groups in total. The summed E-state index contributed by atoms with van der Waals surface area (Å²) in [6.45, 7) is 3.18. The second-order valence-corrected chi connectivity index (χ2v) is 6.68. The number of carbonyl (C=O) groups excluding carboxylic acids is 1. The molecule has 0 fully saturated rings. The fourth-order valence-corrected chi connectivity index (χ4v) is 2.99. The van der Waals surface area contributed by atoms with Gasteiger partial charge in [0.1, 0.15) is 13.2 Å². The molecule has 1 aliphatic rings. The van der Waals surface area contributed by atoms with Crippen LogP contribution in [0.15, 0.2) is 48.5 Å². The topological polar surface area (TPSA) is 54.0 Å². The van der Waals surface area contributed by atoms with Gasteiger partial charge in [0.2, 0.25) is 0 Å². The predicted octanol–water partition coefficient (Wildman–Crippen LogP) is 3.13. The first kappa shape index (κ1) is 18.9. The van der Waals surface area contributed by atoms with Crippen molar-refractivity contribution in [3.05, 3.63) is 54.1 Å². The normalized spacial score (nSPS) is 12.4. The number of hydrogen-bond donors (Lipinski definition) is 1. The van der Waals surface area contributed by atoms with E-state index in [1.165, 1.54) is 5.69 Å². The Morgan fingerprint density at radius 3 is 2.56 bits per heavy atom. The fraction of sp³-hybridized carbons (Fsp3) is 0.381. The van der Waals surface area contributed by atoms with Crippen LogP contribution >= 0.6 is 0 Å². The van der Waals surface area contributed by atoms with E-state index >= 15 is 0 Å². The average molecular weight is 369 g/mol. The van der Waals surface area contributed by atoms with Crippen molar-refractivity contribution in [1.29, 1.82) is 0 Å². The van der Waals surface area contributed by atoms with Crippen LogP contribution in [0.4, 0.5) is 10.5 Å². The van der Waals surface area contributed by atoms with Crippen LogP contribution in [-0.2, 0) is 6.54 Å². The molecular weight excluding hydrogens is 342 g/mol. The SMILES string of the molecule is CN(Cc1ccc2c(c1)OCCO2)C(=O)NCCCN(C)c1ccccc1. The van der Waals surface area contributed by atoms with Crippen molar-refractivity contribution in [2.24, 2.45) is 0 Å². The molecule has 1 aliphatic heterocycles. The molecule has 3 rings (SSSR count). The number of urea groups is 1. The zero-order chi connectivity index (χ0) is 19.1. The number of rotatable bonds is 7. The van der Waals surface area contributed by atoms with Crippen molar-refractivity contribution in [3.63, 3.8) is 0 Å². The fourth-order valence-electron chi connectivity index (χ4n) is 2.99. The van der Waals surface area contributed by atoms with Gasteiger partial charge in [-0.25, -0.2) is 4.79 Å². The minimum absolute atomic E-state index is 0.0766. The lowest BCUT2D eigenvalue weighted by molar-refractivity contribution is 0.171. The van der Waals surface area contributed by atoms with Gasteiger partial charge in [-0.2, -0.15) is 0 Å². The molecule has 144 valence electrons.